The maximum absolute atomic E-state index is 12.9. The Bertz CT molecular complexity index is 1300. The number of aromatic nitrogens is 6. The molecule has 4 rings (SSSR count). The largest absolute Gasteiger partial charge is 0.479 e. The molecule has 0 aliphatic carbocycles. The molecule has 3 heterocycles. The molecule has 0 N–H and O–H groups in total. The summed E-state index contributed by atoms with van der Waals surface area (Å²) >= 11 is 0. The van der Waals surface area contributed by atoms with Gasteiger partial charge in [0.25, 0.3) is 5.95 Å². The number of ether oxygens (including phenoxy) is 2. The van der Waals surface area contributed by atoms with Crippen molar-refractivity contribution >= 4 is 30.5 Å². The lowest BCUT2D eigenvalue weighted by molar-refractivity contribution is -0.137. The second kappa shape index (κ2) is 9.71. The molecule has 0 aliphatic heterocycles. The molecule has 4 aromatic rings. The Labute approximate surface area is 199 Å². The van der Waals surface area contributed by atoms with Gasteiger partial charge in [0.1, 0.15) is 11.0 Å². The van der Waals surface area contributed by atoms with Crippen molar-refractivity contribution in [2.75, 3.05) is 13.7 Å². The molecule has 0 bridgehead atoms. The van der Waals surface area contributed by atoms with Crippen LogP contribution in [-0.2, 0) is 10.9 Å². The van der Waals surface area contributed by atoms with Gasteiger partial charge in [-0.15, -0.1) is 0 Å². The summed E-state index contributed by atoms with van der Waals surface area (Å²) in [4.78, 5) is 20.7. The summed E-state index contributed by atoms with van der Waals surface area (Å²) in [6.07, 6.45) is -0.130. The fourth-order valence-corrected chi connectivity index (χ4v) is 3.30. The van der Waals surface area contributed by atoms with Gasteiger partial charge in [0, 0.05) is 6.20 Å². The van der Waals surface area contributed by atoms with Crippen molar-refractivity contribution in [2.24, 2.45) is 0 Å². The van der Waals surface area contributed by atoms with Crippen LogP contribution in [0.4, 0.5) is 13.2 Å². The molecule has 34 heavy (non-hydrogen) atoms. The Morgan fingerprint density at radius 2 is 1.82 bits per heavy atom. The van der Waals surface area contributed by atoms with Crippen molar-refractivity contribution in [1.82, 2.24) is 29.5 Å². The highest BCUT2D eigenvalue weighted by atomic mass is 32.1. The zero-order chi connectivity index (χ0) is 23.8. The third-order valence-corrected chi connectivity index (χ3v) is 4.98. The molecule has 0 radical (unpaired) electrons. The van der Waals surface area contributed by atoms with E-state index < -0.39 is 23.8 Å². The summed E-state index contributed by atoms with van der Waals surface area (Å²) in [7, 11) is 1.43. The third kappa shape index (κ3) is 4.69. The molecular formula is C21H21F3N6O3S. The van der Waals surface area contributed by atoms with Gasteiger partial charge < -0.3 is 9.47 Å². The van der Waals surface area contributed by atoms with Gasteiger partial charge in [-0.05, 0) is 31.5 Å². The van der Waals surface area contributed by atoms with Gasteiger partial charge in [-0.1, -0.05) is 12.1 Å². The molecule has 3 aromatic heterocycles. The molecule has 1 atom stereocenters. The van der Waals surface area contributed by atoms with Crippen LogP contribution in [0, 0.1) is 0 Å². The first kappa shape index (κ1) is 25.0. The number of alkyl halides is 3. The summed E-state index contributed by atoms with van der Waals surface area (Å²) in [5, 5.41) is 8.46. The minimum atomic E-state index is -4.41. The van der Waals surface area contributed by atoms with Crippen LogP contribution in [-0.4, -0.2) is 49.2 Å². The minimum absolute atomic E-state index is 0. The number of rotatable bonds is 6. The molecule has 0 spiro atoms. The van der Waals surface area contributed by atoms with Gasteiger partial charge in [0.05, 0.1) is 43.3 Å². The zero-order valence-corrected chi connectivity index (χ0v) is 19.4. The first-order valence-electron chi connectivity index (χ1n) is 9.91. The molecule has 0 fully saturated rings. The lowest BCUT2D eigenvalue weighted by Crippen LogP contribution is -2.11. The van der Waals surface area contributed by atoms with Crippen molar-refractivity contribution in [1.29, 1.82) is 0 Å². The third-order valence-electron chi connectivity index (χ3n) is 4.98. The molecule has 0 unspecified atom stereocenters. The van der Waals surface area contributed by atoms with Crippen molar-refractivity contribution < 1.29 is 27.4 Å². The monoisotopic (exact) mass is 494 g/mol. The normalized spacial score (nSPS) is 12.3. The van der Waals surface area contributed by atoms with Crippen molar-refractivity contribution in [2.45, 2.75) is 26.1 Å². The predicted molar refractivity (Wildman–Crippen MR) is 121 cm³/mol. The van der Waals surface area contributed by atoms with Gasteiger partial charge in [0.15, 0.2) is 0 Å². The number of carbonyl (C=O) groups is 1. The van der Waals surface area contributed by atoms with Gasteiger partial charge in [-0.3, -0.25) is 4.68 Å². The van der Waals surface area contributed by atoms with Gasteiger partial charge >= 0.3 is 12.1 Å². The van der Waals surface area contributed by atoms with E-state index in [9.17, 15) is 18.0 Å². The van der Waals surface area contributed by atoms with Crippen LogP contribution in [0.5, 0.6) is 5.88 Å². The number of hydrogen-bond donors (Lipinski definition) is 0. The number of carbonyl (C=O) groups excluding carboxylic acids is 1. The molecule has 0 saturated heterocycles. The fourth-order valence-electron chi connectivity index (χ4n) is 3.30. The van der Waals surface area contributed by atoms with E-state index in [2.05, 4.69) is 20.2 Å². The Hall–Kier alpha value is -3.61. The Kier molecular flexibility index (Phi) is 7.15. The van der Waals surface area contributed by atoms with Gasteiger partial charge in [-0.2, -0.15) is 41.8 Å². The summed E-state index contributed by atoms with van der Waals surface area (Å²) in [6, 6.07) is 4.45. The minimum Gasteiger partial charge on any atom is -0.479 e. The average Bonchev–Trinajstić information content (AvgIpc) is 3.45. The molecule has 1 aromatic carbocycles. The van der Waals surface area contributed by atoms with Gasteiger partial charge in [-0.25, -0.2) is 14.5 Å². The Balaban J connectivity index is 0.00000324. The molecule has 0 saturated carbocycles. The molecular weight excluding hydrogens is 473 g/mol. The van der Waals surface area contributed by atoms with Crippen LogP contribution < -0.4 is 4.74 Å². The van der Waals surface area contributed by atoms with Crippen molar-refractivity contribution in [3.8, 4) is 11.8 Å². The van der Waals surface area contributed by atoms with E-state index in [0.717, 1.165) is 12.1 Å². The van der Waals surface area contributed by atoms with E-state index >= 15 is 0 Å². The topological polar surface area (TPSA) is 97.0 Å². The van der Waals surface area contributed by atoms with Crippen molar-refractivity contribution in [3.63, 3.8) is 0 Å². The molecule has 0 aliphatic rings. The molecule has 0 amide bonds. The van der Waals surface area contributed by atoms with Crippen molar-refractivity contribution in [3.05, 3.63) is 59.5 Å². The fraction of sp³-hybridized carbons (Fsp3) is 0.286. The van der Waals surface area contributed by atoms with E-state index in [1.165, 1.54) is 42.5 Å². The van der Waals surface area contributed by atoms with Crippen LogP contribution in [0.3, 0.4) is 0 Å². The second-order valence-corrected chi connectivity index (χ2v) is 7.05. The SMILES string of the molecule is CCOC(=O)c1cnn(-c2nc(OC)c3c(cnn3[C@@H](C)c3ccc(C(F)(F)F)cc3)n2)c1.S. The highest BCUT2D eigenvalue weighted by Gasteiger charge is 2.30. The number of halogens is 3. The maximum atomic E-state index is 12.9. The van der Waals surface area contributed by atoms with Crippen LogP contribution >= 0.6 is 13.5 Å². The lowest BCUT2D eigenvalue weighted by Gasteiger charge is -2.16. The van der Waals surface area contributed by atoms with E-state index in [4.69, 9.17) is 9.47 Å². The summed E-state index contributed by atoms with van der Waals surface area (Å²) < 4.78 is 51.9. The lowest BCUT2D eigenvalue weighted by atomic mass is 10.1. The highest BCUT2D eigenvalue weighted by molar-refractivity contribution is 7.59. The van der Waals surface area contributed by atoms with Gasteiger partial charge in [0.2, 0.25) is 5.88 Å². The summed E-state index contributed by atoms with van der Waals surface area (Å²) in [5.41, 5.74) is 1.03. The van der Waals surface area contributed by atoms with Crippen LogP contribution in [0.1, 0.15) is 41.4 Å². The van der Waals surface area contributed by atoms with E-state index in [1.807, 2.05) is 0 Å². The summed E-state index contributed by atoms with van der Waals surface area (Å²) in [6.45, 7) is 3.73. The number of fused-ring (bicyclic) bond motifs is 1. The first-order valence-corrected chi connectivity index (χ1v) is 9.91. The maximum Gasteiger partial charge on any atom is 0.416 e. The first-order chi connectivity index (χ1) is 15.7. The number of nitrogens with zero attached hydrogens (tertiary/aromatic N) is 6. The number of esters is 1. The molecule has 180 valence electrons. The number of methoxy groups -OCH3 is 1. The Morgan fingerprint density at radius 3 is 2.44 bits per heavy atom. The highest BCUT2D eigenvalue weighted by Crippen LogP contribution is 2.32. The average molecular weight is 494 g/mol. The molecule has 13 heteroatoms. The van der Waals surface area contributed by atoms with E-state index in [-0.39, 0.29) is 37.5 Å². The standard InChI is InChI=1S/C21H19F3N6O3.H2S/c1-4-33-19(31)14-9-25-29(11-14)20-27-16-10-26-30(17(16)18(28-20)32-3)12(2)13-5-7-15(8-6-13)21(22,23)24;/h5-12H,4H2,1-3H3;1H2/t12-;/m0./s1. The quantitative estimate of drug-likeness (QED) is 0.375. The molecule has 9 nitrogen and oxygen atoms in total. The predicted octanol–water partition coefficient (Wildman–Crippen LogP) is 3.94. The zero-order valence-electron chi connectivity index (χ0n) is 18.4. The number of hydrogen-bond acceptors (Lipinski definition) is 7. The number of benzene rings is 1. The van der Waals surface area contributed by atoms with Crippen LogP contribution in [0.15, 0.2) is 42.9 Å². The van der Waals surface area contributed by atoms with Crippen LogP contribution in [0.2, 0.25) is 0 Å². The second-order valence-electron chi connectivity index (χ2n) is 7.05. The smallest absolute Gasteiger partial charge is 0.416 e. The summed E-state index contributed by atoms with van der Waals surface area (Å²) in [5.74, 6) is -0.175. The van der Waals surface area contributed by atoms with Crippen LogP contribution in [0.25, 0.3) is 17.0 Å². The van der Waals surface area contributed by atoms with E-state index in [1.54, 1.807) is 18.5 Å². The Morgan fingerprint density at radius 1 is 1.12 bits per heavy atom. The van der Waals surface area contributed by atoms with E-state index in [0.29, 0.717) is 16.6 Å².